The molecule has 0 saturated heterocycles. The lowest BCUT2D eigenvalue weighted by molar-refractivity contribution is 1.68. The van der Waals surface area contributed by atoms with Crippen molar-refractivity contribution >= 4 is 16.8 Å². The molecule has 0 spiro atoms. The van der Waals surface area contributed by atoms with E-state index in [1.807, 2.05) is 12.2 Å². The van der Waals surface area contributed by atoms with Gasteiger partial charge in [-0.05, 0) is 22.1 Å². The van der Waals surface area contributed by atoms with Crippen molar-refractivity contribution < 1.29 is 0 Å². The highest BCUT2D eigenvalue weighted by Crippen LogP contribution is 2.08. The van der Waals surface area contributed by atoms with Crippen molar-refractivity contribution in [3.8, 4) is 0 Å². The molecule has 0 aromatic heterocycles. The number of benzene rings is 2. The van der Waals surface area contributed by atoms with Gasteiger partial charge in [-0.2, -0.15) is 0 Å². The molecule has 0 saturated carbocycles. The van der Waals surface area contributed by atoms with E-state index < -0.39 is 0 Å². The number of allylic oxidation sites excluding steroid dienone is 1. The van der Waals surface area contributed by atoms with E-state index in [1.54, 1.807) is 0 Å². The molecule has 10 heavy (non-hydrogen) atoms. The molecule has 0 heteroatoms. The molecule has 0 aliphatic carbocycles. The van der Waals surface area contributed by atoms with Crippen LogP contribution in [0.1, 0.15) is 0 Å². The maximum absolute atomic E-state index is 3.65. The highest BCUT2D eigenvalue weighted by atomic mass is 14.0. The quantitative estimate of drug-likeness (QED) is 0.550. The molecule has 0 N–H and O–H groups in total. The number of fused-ring (bicyclic) bond motifs is 2. The third kappa shape index (κ3) is 0.561. The van der Waals surface area contributed by atoms with Gasteiger partial charge in [0.1, 0.15) is 0 Å². The Morgan fingerprint density at radius 3 is 2.40 bits per heavy atom. The maximum Gasteiger partial charge on any atom is -0.0111 e. The molecular formula is C10H8. The van der Waals surface area contributed by atoms with Gasteiger partial charge in [-0.25, -0.2) is 0 Å². The van der Waals surface area contributed by atoms with Crippen LogP contribution in [0, 0.1) is 0 Å². The first kappa shape index (κ1) is 5.48. The average Bonchev–Trinajstić information content (AvgIpc) is 2.01. The predicted molar refractivity (Wildman–Crippen MR) is 45.0 cm³/mol. The largest absolute Gasteiger partial charge is 0.0990 e. The van der Waals surface area contributed by atoms with Gasteiger partial charge in [0.05, 0.1) is 0 Å². The van der Waals surface area contributed by atoms with Gasteiger partial charge < -0.3 is 0 Å². The Labute approximate surface area is 59.8 Å². The summed E-state index contributed by atoms with van der Waals surface area (Å²) in [4.78, 5) is 0. The smallest absolute Gasteiger partial charge is 0.0111 e. The maximum atomic E-state index is 3.65. The van der Waals surface area contributed by atoms with Crippen molar-refractivity contribution in [1.82, 2.24) is 0 Å². The van der Waals surface area contributed by atoms with E-state index in [4.69, 9.17) is 0 Å². The minimum Gasteiger partial charge on any atom is -0.0990 e. The second-order valence-corrected chi connectivity index (χ2v) is 2.40. The third-order valence-electron chi connectivity index (χ3n) is 1.77. The fourth-order valence-corrected chi connectivity index (χ4v) is 1.25. The standard InChI is InChI=1S/C10H8/c1-2-4-10-8-5-3-6-9(10)7-8/h2-7H,1H2. The Balaban J connectivity index is 2.81. The Bertz CT molecular complexity index is 347. The molecule has 0 aliphatic heterocycles. The minimum atomic E-state index is 1.33. The van der Waals surface area contributed by atoms with Crippen LogP contribution in [-0.4, -0.2) is 0 Å². The normalized spacial score (nSPS) is 10.4. The topological polar surface area (TPSA) is 0 Å². The molecule has 3 aromatic rings. The van der Waals surface area contributed by atoms with Gasteiger partial charge in [0.15, 0.2) is 0 Å². The summed E-state index contributed by atoms with van der Waals surface area (Å²) in [5.41, 5.74) is 0. The third-order valence-corrected chi connectivity index (χ3v) is 1.77. The lowest BCUT2D eigenvalue weighted by Gasteiger charge is -2.02. The molecule has 3 aromatic carbocycles. The summed E-state index contributed by atoms with van der Waals surface area (Å²) in [6.07, 6.45) is 3.88. The van der Waals surface area contributed by atoms with Gasteiger partial charge in [-0.3, -0.25) is 0 Å². The van der Waals surface area contributed by atoms with Gasteiger partial charge in [0.2, 0.25) is 0 Å². The van der Waals surface area contributed by atoms with Crippen molar-refractivity contribution in [3.05, 3.63) is 42.1 Å². The van der Waals surface area contributed by atoms with Crippen LogP contribution < -0.4 is 5.22 Å². The molecule has 3 rings (SSSR count). The second-order valence-electron chi connectivity index (χ2n) is 2.40. The highest BCUT2D eigenvalue weighted by molar-refractivity contribution is 5.83. The molecular weight excluding hydrogens is 120 g/mol. The van der Waals surface area contributed by atoms with Crippen LogP contribution in [0.5, 0.6) is 0 Å². The van der Waals surface area contributed by atoms with Crippen LogP contribution in [-0.2, 0) is 0 Å². The fourth-order valence-electron chi connectivity index (χ4n) is 1.25. The molecule has 0 heterocycles. The Morgan fingerprint density at radius 1 is 1.20 bits per heavy atom. The van der Waals surface area contributed by atoms with Gasteiger partial charge in [-0.15, -0.1) is 0 Å². The van der Waals surface area contributed by atoms with E-state index in [-0.39, 0.29) is 0 Å². The monoisotopic (exact) mass is 128 g/mol. The zero-order chi connectivity index (χ0) is 6.97. The molecule has 2 bridgehead atoms. The van der Waals surface area contributed by atoms with Crippen LogP contribution in [0.15, 0.2) is 36.9 Å². The first-order valence-electron chi connectivity index (χ1n) is 3.35. The summed E-state index contributed by atoms with van der Waals surface area (Å²) < 4.78 is 0. The van der Waals surface area contributed by atoms with Crippen molar-refractivity contribution in [2.45, 2.75) is 0 Å². The molecule has 0 fully saturated rings. The van der Waals surface area contributed by atoms with Crippen molar-refractivity contribution in [1.29, 1.82) is 0 Å². The first-order chi connectivity index (χ1) is 4.92. The van der Waals surface area contributed by atoms with Crippen LogP contribution in [0.25, 0.3) is 16.8 Å². The highest BCUT2D eigenvalue weighted by Gasteiger charge is 1.96. The Kier molecular flexibility index (Phi) is 1.01. The average molecular weight is 128 g/mol. The lowest BCUT2D eigenvalue weighted by atomic mass is 10.0. The van der Waals surface area contributed by atoms with Gasteiger partial charge in [0, 0.05) is 0 Å². The Morgan fingerprint density at radius 2 is 1.90 bits per heavy atom. The fraction of sp³-hybridized carbons (Fsp3) is 0. The van der Waals surface area contributed by atoms with Gasteiger partial charge >= 0.3 is 0 Å². The Hall–Kier alpha value is -1.30. The number of rotatable bonds is 1. The van der Waals surface area contributed by atoms with Crippen LogP contribution in [0.3, 0.4) is 0 Å². The molecule has 0 unspecified atom stereocenters. The van der Waals surface area contributed by atoms with E-state index in [0.717, 1.165) is 0 Å². The molecule has 48 valence electrons. The second kappa shape index (κ2) is 1.84. The lowest BCUT2D eigenvalue weighted by Crippen LogP contribution is -2.07. The minimum absolute atomic E-state index is 1.33. The van der Waals surface area contributed by atoms with Gasteiger partial charge in [0.25, 0.3) is 0 Å². The van der Waals surface area contributed by atoms with Crippen molar-refractivity contribution in [3.63, 3.8) is 0 Å². The first-order valence-corrected chi connectivity index (χ1v) is 3.35. The number of hydrogen-bond acceptors (Lipinski definition) is 0. The van der Waals surface area contributed by atoms with E-state index in [9.17, 15) is 0 Å². The summed E-state index contributed by atoms with van der Waals surface area (Å²) in [5, 5.41) is 3.99. The summed E-state index contributed by atoms with van der Waals surface area (Å²) in [6, 6.07) is 8.48. The summed E-state index contributed by atoms with van der Waals surface area (Å²) in [6.45, 7) is 3.65. The van der Waals surface area contributed by atoms with E-state index >= 15 is 0 Å². The zero-order valence-corrected chi connectivity index (χ0v) is 5.67. The molecule has 0 nitrogen and oxygen atoms in total. The summed E-state index contributed by atoms with van der Waals surface area (Å²) >= 11 is 0. The van der Waals surface area contributed by atoms with Crippen LogP contribution in [0.2, 0.25) is 0 Å². The number of hydrogen-bond donors (Lipinski definition) is 0. The molecule has 0 aliphatic rings. The molecule has 0 atom stereocenters. The zero-order valence-electron chi connectivity index (χ0n) is 5.67. The van der Waals surface area contributed by atoms with E-state index in [0.29, 0.717) is 0 Å². The SMILES string of the molecule is C=CC=c1c2cccc1c2. The van der Waals surface area contributed by atoms with Gasteiger partial charge in [-0.1, -0.05) is 36.9 Å². The van der Waals surface area contributed by atoms with E-state index in [1.165, 1.54) is 16.0 Å². The molecule has 0 amide bonds. The molecule has 0 radical (unpaired) electrons. The van der Waals surface area contributed by atoms with Crippen molar-refractivity contribution in [2.24, 2.45) is 0 Å². The summed E-state index contributed by atoms with van der Waals surface area (Å²) in [7, 11) is 0. The van der Waals surface area contributed by atoms with Crippen LogP contribution in [0.4, 0.5) is 0 Å². The predicted octanol–water partition coefficient (Wildman–Crippen LogP) is 1.96. The van der Waals surface area contributed by atoms with Crippen molar-refractivity contribution in [2.75, 3.05) is 0 Å². The summed E-state index contributed by atoms with van der Waals surface area (Å²) in [5.74, 6) is 0. The van der Waals surface area contributed by atoms with E-state index in [2.05, 4.69) is 30.8 Å². The van der Waals surface area contributed by atoms with Crippen LogP contribution >= 0.6 is 0 Å².